The third-order valence-corrected chi connectivity index (χ3v) is 2.05. The highest BCUT2D eigenvalue weighted by Gasteiger charge is 2.35. The molecule has 92 valence electrons. The van der Waals surface area contributed by atoms with Crippen LogP contribution in [0.25, 0.3) is 0 Å². The first-order valence-electron chi connectivity index (χ1n) is 4.72. The van der Waals surface area contributed by atoms with Gasteiger partial charge in [0.05, 0.1) is 12.2 Å². The Morgan fingerprint density at radius 1 is 1.24 bits per heavy atom. The maximum Gasteiger partial charge on any atom is 0.417 e. The van der Waals surface area contributed by atoms with E-state index in [1.54, 1.807) is 6.92 Å². The Bertz CT molecular complexity index is 438. The fraction of sp³-hybridized carbons (Fsp3) is 0.273. The number of rotatable bonds is 4. The summed E-state index contributed by atoms with van der Waals surface area (Å²) in [5, 5.41) is 0. The molecule has 0 heterocycles. The number of alkyl halides is 3. The van der Waals surface area contributed by atoms with Crippen LogP contribution >= 0.6 is 0 Å². The van der Waals surface area contributed by atoms with E-state index in [4.69, 9.17) is 4.74 Å². The van der Waals surface area contributed by atoms with Crippen LogP contribution in [0, 0.1) is 0 Å². The molecule has 1 aromatic carbocycles. The van der Waals surface area contributed by atoms with E-state index in [2.05, 4.69) is 0 Å². The van der Waals surface area contributed by atoms with Crippen LogP contribution in [-0.2, 0) is 6.18 Å². The lowest BCUT2D eigenvalue weighted by Crippen LogP contribution is -2.12. The number of hydrogen-bond donors (Lipinski definition) is 0. The van der Waals surface area contributed by atoms with Crippen molar-refractivity contribution >= 4 is 12.6 Å². The molecule has 0 amide bonds. The predicted octanol–water partition coefficient (Wildman–Crippen LogP) is 2.73. The van der Waals surface area contributed by atoms with Crippen LogP contribution in [0.3, 0.4) is 0 Å². The van der Waals surface area contributed by atoms with Crippen molar-refractivity contribution in [2.24, 2.45) is 0 Å². The summed E-state index contributed by atoms with van der Waals surface area (Å²) in [5.74, 6) is -0.0903. The zero-order valence-electron chi connectivity index (χ0n) is 8.88. The summed E-state index contributed by atoms with van der Waals surface area (Å²) in [6.07, 6.45) is -4.50. The predicted molar refractivity (Wildman–Crippen MR) is 53.4 cm³/mol. The monoisotopic (exact) mass is 246 g/mol. The van der Waals surface area contributed by atoms with E-state index in [0.29, 0.717) is 6.07 Å². The standard InChI is InChI=1S/C11H9F3O3/c1-2-17-8-3-7(5-15)9(6-16)10(4-8)11(12,13)14/h3-6H,2H2,1H3. The van der Waals surface area contributed by atoms with Crippen LogP contribution in [0.15, 0.2) is 12.1 Å². The zero-order chi connectivity index (χ0) is 13.1. The van der Waals surface area contributed by atoms with Crippen LogP contribution in [0.1, 0.15) is 33.2 Å². The lowest BCUT2D eigenvalue weighted by Gasteiger charge is -2.13. The minimum Gasteiger partial charge on any atom is -0.494 e. The number of ether oxygens (including phenoxy) is 1. The molecule has 3 nitrogen and oxygen atoms in total. The van der Waals surface area contributed by atoms with E-state index >= 15 is 0 Å². The van der Waals surface area contributed by atoms with Gasteiger partial charge in [0.25, 0.3) is 0 Å². The number of aldehydes is 2. The summed E-state index contributed by atoms with van der Waals surface area (Å²) < 4.78 is 42.8. The van der Waals surface area contributed by atoms with Crippen molar-refractivity contribution < 1.29 is 27.5 Å². The average Bonchev–Trinajstić information content (AvgIpc) is 2.27. The van der Waals surface area contributed by atoms with E-state index in [9.17, 15) is 22.8 Å². The lowest BCUT2D eigenvalue weighted by molar-refractivity contribution is -0.137. The normalized spacial score (nSPS) is 11.1. The van der Waals surface area contributed by atoms with E-state index in [1.807, 2.05) is 0 Å². The molecule has 1 aromatic rings. The van der Waals surface area contributed by atoms with E-state index < -0.39 is 17.3 Å². The summed E-state index contributed by atoms with van der Waals surface area (Å²) in [6, 6.07) is 1.82. The minimum atomic E-state index is -4.71. The second-order valence-corrected chi connectivity index (χ2v) is 3.14. The maximum absolute atomic E-state index is 12.6. The molecule has 0 aliphatic heterocycles. The van der Waals surface area contributed by atoms with Gasteiger partial charge in [-0.1, -0.05) is 0 Å². The van der Waals surface area contributed by atoms with E-state index in [0.717, 1.165) is 6.07 Å². The second kappa shape index (κ2) is 4.99. The Labute approximate surface area is 95.2 Å². The molecule has 0 radical (unpaired) electrons. The van der Waals surface area contributed by atoms with E-state index in [1.165, 1.54) is 0 Å². The molecule has 1 rings (SSSR count). The van der Waals surface area contributed by atoms with Crippen molar-refractivity contribution in [2.45, 2.75) is 13.1 Å². The molecule has 0 aliphatic carbocycles. The van der Waals surface area contributed by atoms with Gasteiger partial charge in [-0.25, -0.2) is 0 Å². The second-order valence-electron chi connectivity index (χ2n) is 3.14. The van der Waals surface area contributed by atoms with Crippen molar-refractivity contribution in [3.63, 3.8) is 0 Å². The van der Waals surface area contributed by atoms with Gasteiger partial charge >= 0.3 is 6.18 Å². The number of halogens is 3. The quantitative estimate of drug-likeness (QED) is 0.767. The number of carbonyl (C=O) groups excluding carboxylic acids is 2. The first-order valence-corrected chi connectivity index (χ1v) is 4.72. The molecular weight excluding hydrogens is 237 g/mol. The van der Waals surface area contributed by atoms with Gasteiger partial charge < -0.3 is 4.74 Å². The van der Waals surface area contributed by atoms with Gasteiger partial charge in [0.1, 0.15) is 5.75 Å². The highest BCUT2D eigenvalue weighted by molar-refractivity contribution is 5.92. The molecule has 0 N–H and O–H groups in total. The molecule has 0 saturated carbocycles. The van der Waals surface area contributed by atoms with Gasteiger partial charge in [-0.2, -0.15) is 13.2 Å². The first-order chi connectivity index (χ1) is 7.93. The summed E-state index contributed by atoms with van der Waals surface area (Å²) in [5.41, 5.74) is -2.17. The van der Waals surface area contributed by atoms with Gasteiger partial charge in [-0.3, -0.25) is 9.59 Å². The maximum atomic E-state index is 12.6. The number of hydrogen-bond acceptors (Lipinski definition) is 3. The topological polar surface area (TPSA) is 43.4 Å². The van der Waals surface area contributed by atoms with Gasteiger partial charge in [0.15, 0.2) is 12.6 Å². The Balaban J connectivity index is 3.48. The fourth-order valence-corrected chi connectivity index (χ4v) is 1.36. The van der Waals surface area contributed by atoms with Crippen molar-refractivity contribution in [1.29, 1.82) is 0 Å². The van der Waals surface area contributed by atoms with Crippen molar-refractivity contribution in [1.82, 2.24) is 0 Å². The summed E-state index contributed by atoms with van der Waals surface area (Å²) in [4.78, 5) is 21.3. The van der Waals surface area contributed by atoms with E-state index in [-0.39, 0.29) is 30.5 Å². The smallest absolute Gasteiger partial charge is 0.417 e. The Morgan fingerprint density at radius 2 is 1.88 bits per heavy atom. The largest absolute Gasteiger partial charge is 0.494 e. The Hall–Kier alpha value is -1.85. The van der Waals surface area contributed by atoms with Gasteiger partial charge in [0, 0.05) is 11.1 Å². The Morgan fingerprint density at radius 3 is 2.29 bits per heavy atom. The highest BCUT2D eigenvalue weighted by Crippen LogP contribution is 2.35. The van der Waals surface area contributed by atoms with Crippen LogP contribution in [0.5, 0.6) is 5.75 Å². The fourth-order valence-electron chi connectivity index (χ4n) is 1.36. The number of carbonyl (C=O) groups is 2. The summed E-state index contributed by atoms with van der Waals surface area (Å²) in [6.45, 7) is 1.76. The third-order valence-electron chi connectivity index (χ3n) is 2.05. The van der Waals surface area contributed by atoms with Crippen LogP contribution in [-0.4, -0.2) is 19.2 Å². The van der Waals surface area contributed by atoms with Gasteiger partial charge in [-0.15, -0.1) is 0 Å². The molecule has 17 heavy (non-hydrogen) atoms. The van der Waals surface area contributed by atoms with Gasteiger partial charge in [0.2, 0.25) is 0 Å². The van der Waals surface area contributed by atoms with Crippen molar-refractivity contribution in [3.8, 4) is 5.75 Å². The lowest BCUT2D eigenvalue weighted by atomic mass is 10.0. The molecular formula is C11H9F3O3. The molecule has 0 unspecified atom stereocenters. The van der Waals surface area contributed by atoms with Crippen molar-refractivity contribution in [3.05, 3.63) is 28.8 Å². The number of benzene rings is 1. The average molecular weight is 246 g/mol. The van der Waals surface area contributed by atoms with Crippen molar-refractivity contribution in [2.75, 3.05) is 6.61 Å². The summed E-state index contributed by atoms with van der Waals surface area (Å²) in [7, 11) is 0. The first kappa shape index (κ1) is 13.2. The third kappa shape index (κ3) is 2.83. The molecule has 6 heteroatoms. The Kier molecular flexibility index (Phi) is 3.88. The molecule has 0 saturated heterocycles. The molecule has 0 bridgehead atoms. The van der Waals surface area contributed by atoms with Crippen LogP contribution < -0.4 is 4.74 Å². The van der Waals surface area contributed by atoms with Crippen LogP contribution in [0.4, 0.5) is 13.2 Å². The van der Waals surface area contributed by atoms with Gasteiger partial charge in [-0.05, 0) is 19.1 Å². The highest BCUT2D eigenvalue weighted by atomic mass is 19.4. The molecule has 0 atom stereocenters. The molecule has 0 spiro atoms. The van der Waals surface area contributed by atoms with Crippen LogP contribution in [0.2, 0.25) is 0 Å². The SMILES string of the molecule is CCOc1cc(C=O)c(C=O)c(C(F)(F)F)c1. The summed E-state index contributed by atoms with van der Waals surface area (Å²) >= 11 is 0. The molecule has 0 aliphatic rings. The molecule has 0 fully saturated rings. The minimum absolute atomic E-state index is 0.0162. The molecule has 0 aromatic heterocycles. The zero-order valence-corrected chi connectivity index (χ0v) is 8.88.